The van der Waals surface area contributed by atoms with E-state index >= 15 is 0 Å². The van der Waals surface area contributed by atoms with Crippen LogP contribution in [0.2, 0.25) is 0 Å². The number of nitrogens with one attached hydrogen (secondary N) is 1. The zero-order valence-electron chi connectivity index (χ0n) is 17.9. The van der Waals surface area contributed by atoms with E-state index in [1.807, 2.05) is 4.57 Å². The molecule has 0 amide bonds. The van der Waals surface area contributed by atoms with Gasteiger partial charge in [0.15, 0.2) is 6.61 Å². The molecule has 0 unspecified atom stereocenters. The smallest absolute Gasteiger partial charge is 0.422 e. The van der Waals surface area contributed by atoms with E-state index < -0.39 is 28.6 Å². The molecule has 1 aliphatic rings. The lowest BCUT2D eigenvalue weighted by Crippen LogP contribution is -2.38. The Kier molecular flexibility index (Phi) is 6.89. The van der Waals surface area contributed by atoms with E-state index in [4.69, 9.17) is 0 Å². The predicted octanol–water partition coefficient (Wildman–Crippen LogP) is 4.49. The molecule has 2 aromatic carbocycles. The van der Waals surface area contributed by atoms with Gasteiger partial charge in [-0.15, -0.1) is 10.2 Å². The second kappa shape index (κ2) is 9.71. The molecule has 12 heteroatoms. The topological polar surface area (TPSA) is 86.1 Å². The highest BCUT2D eigenvalue weighted by Crippen LogP contribution is 2.30. The molecule has 1 aliphatic carbocycles. The first-order chi connectivity index (χ1) is 16.1. The Morgan fingerprint density at radius 1 is 1.06 bits per heavy atom. The number of hydrogen-bond acceptors (Lipinski definition) is 5. The summed E-state index contributed by atoms with van der Waals surface area (Å²) in [5.41, 5.74) is 0.490. The van der Waals surface area contributed by atoms with Crippen LogP contribution in [0.5, 0.6) is 5.75 Å². The van der Waals surface area contributed by atoms with Gasteiger partial charge in [-0.25, -0.2) is 17.5 Å². The zero-order chi connectivity index (χ0) is 24.3. The van der Waals surface area contributed by atoms with Gasteiger partial charge in [-0.3, -0.25) is 0 Å². The van der Waals surface area contributed by atoms with Crippen molar-refractivity contribution < 1.29 is 30.7 Å². The average Bonchev–Trinajstić information content (AvgIpc) is 3.33. The lowest BCUT2D eigenvalue weighted by molar-refractivity contribution is -0.153. The molecule has 182 valence electrons. The molecule has 7 nitrogen and oxygen atoms in total. The summed E-state index contributed by atoms with van der Waals surface area (Å²) in [6.45, 7) is -1.43. The Morgan fingerprint density at radius 3 is 2.41 bits per heavy atom. The van der Waals surface area contributed by atoms with Crippen molar-refractivity contribution in [3.05, 3.63) is 60.9 Å². The summed E-state index contributed by atoms with van der Waals surface area (Å²) in [5, 5.41) is 7.58. The van der Waals surface area contributed by atoms with Crippen molar-refractivity contribution in [1.29, 1.82) is 0 Å². The van der Waals surface area contributed by atoms with Crippen molar-refractivity contribution in [2.24, 2.45) is 0 Å². The number of aromatic nitrogens is 3. The summed E-state index contributed by atoms with van der Waals surface area (Å²) in [4.78, 5) is -0.203. The molecule has 1 heterocycles. The SMILES string of the molecule is O=S(=O)(N[C@H]1CCC[C@@H](n2cnnc2)C1)c1ccc(-c2ccc(OCC(F)(F)F)cc2)c(F)c1. The van der Waals surface area contributed by atoms with E-state index in [1.165, 1.54) is 36.4 Å². The normalized spacial score (nSPS) is 19.2. The number of sulfonamides is 1. The van der Waals surface area contributed by atoms with Gasteiger partial charge in [0, 0.05) is 17.6 Å². The number of ether oxygens (including phenoxy) is 1. The Labute approximate surface area is 193 Å². The fourth-order valence-electron chi connectivity index (χ4n) is 4.02. The van der Waals surface area contributed by atoms with Crippen LogP contribution in [-0.2, 0) is 10.0 Å². The van der Waals surface area contributed by atoms with E-state index in [0.717, 1.165) is 18.9 Å². The van der Waals surface area contributed by atoms with Crippen LogP contribution < -0.4 is 9.46 Å². The van der Waals surface area contributed by atoms with Gasteiger partial charge in [-0.05, 0) is 55.5 Å². The Morgan fingerprint density at radius 2 is 1.76 bits per heavy atom. The van der Waals surface area contributed by atoms with Crippen molar-refractivity contribution in [3.63, 3.8) is 0 Å². The zero-order valence-corrected chi connectivity index (χ0v) is 18.7. The first-order valence-electron chi connectivity index (χ1n) is 10.6. The number of rotatable bonds is 7. The first kappa shape index (κ1) is 24.1. The number of hydrogen-bond donors (Lipinski definition) is 1. The molecule has 34 heavy (non-hydrogen) atoms. The number of alkyl halides is 3. The summed E-state index contributed by atoms with van der Waals surface area (Å²) >= 11 is 0. The van der Waals surface area contributed by atoms with Crippen LogP contribution >= 0.6 is 0 Å². The second-order valence-electron chi connectivity index (χ2n) is 8.12. The highest BCUT2D eigenvalue weighted by molar-refractivity contribution is 7.89. The minimum absolute atomic E-state index is 0.0119. The Bertz CT molecular complexity index is 1220. The third-order valence-electron chi connectivity index (χ3n) is 5.65. The second-order valence-corrected chi connectivity index (χ2v) is 9.83. The van der Waals surface area contributed by atoms with Crippen LogP contribution in [0.4, 0.5) is 17.6 Å². The van der Waals surface area contributed by atoms with Crippen LogP contribution in [0.3, 0.4) is 0 Å². The fourth-order valence-corrected chi connectivity index (χ4v) is 5.31. The maximum atomic E-state index is 14.8. The minimum Gasteiger partial charge on any atom is -0.484 e. The highest BCUT2D eigenvalue weighted by Gasteiger charge is 2.29. The third kappa shape index (κ3) is 5.92. The third-order valence-corrected chi connectivity index (χ3v) is 7.16. The maximum Gasteiger partial charge on any atom is 0.422 e. The van der Waals surface area contributed by atoms with E-state index in [9.17, 15) is 26.0 Å². The van der Waals surface area contributed by atoms with Gasteiger partial charge in [-0.2, -0.15) is 13.2 Å². The molecule has 1 saturated carbocycles. The molecular formula is C22H22F4N4O3S. The molecule has 4 rings (SSSR count). The number of benzene rings is 2. The lowest BCUT2D eigenvalue weighted by atomic mass is 9.91. The monoisotopic (exact) mass is 498 g/mol. The predicted molar refractivity (Wildman–Crippen MR) is 115 cm³/mol. The quantitative estimate of drug-likeness (QED) is 0.486. The van der Waals surface area contributed by atoms with Gasteiger partial charge in [0.05, 0.1) is 4.90 Å². The molecule has 1 aromatic heterocycles. The summed E-state index contributed by atoms with van der Waals surface area (Å²) in [7, 11) is -3.96. The standard InChI is InChI=1S/C22H22F4N4O3S/c23-21-11-19(8-9-20(21)15-4-6-18(7-5-15)33-12-22(24,25)26)34(31,32)29-16-2-1-3-17(10-16)30-13-27-28-14-30/h4-9,11,13-14,16-17,29H,1-3,10,12H2/t16-,17+/m0/s1. The molecule has 0 radical (unpaired) electrons. The lowest BCUT2D eigenvalue weighted by Gasteiger charge is -2.30. The number of nitrogens with zero attached hydrogens (tertiary/aromatic N) is 3. The minimum atomic E-state index is -4.46. The van der Waals surface area contributed by atoms with E-state index in [-0.39, 0.29) is 28.3 Å². The molecule has 1 N–H and O–H groups in total. The Balaban J connectivity index is 1.44. The summed E-state index contributed by atoms with van der Waals surface area (Å²) in [6.07, 6.45) is 1.69. The first-order valence-corrected chi connectivity index (χ1v) is 12.0. The van der Waals surface area contributed by atoms with Gasteiger partial charge in [0.1, 0.15) is 24.2 Å². The molecule has 0 aliphatic heterocycles. The van der Waals surface area contributed by atoms with Crippen molar-refractivity contribution in [2.75, 3.05) is 6.61 Å². The molecular weight excluding hydrogens is 476 g/mol. The Hall–Kier alpha value is -2.99. The van der Waals surface area contributed by atoms with Gasteiger partial charge in [-0.1, -0.05) is 18.2 Å². The molecule has 1 fully saturated rings. The van der Waals surface area contributed by atoms with Crippen LogP contribution in [0, 0.1) is 5.82 Å². The molecule has 3 aromatic rings. The van der Waals surface area contributed by atoms with Crippen LogP contribution in [0.25, 0.3) is 11.1 Å². The van der Waals surface area contributed by atoms with Crippen molar-refractivity contribution in [2.45, 2.75) is 48.8 Å². The van der Waals surface area contributed by atoms with Crippen LogP contribution in [0.15, 0.2) is 60.0 Å². The molecule has 0 bridgehead atoms. The molecule has 0 spiro atoms. The highest BCUT2D eigenvalue weighted by atomic mass is 32.2. The fraction of sp³-hybridized carbons (Fsp3) is 0.364. The summed E-state index contributed by atoms with van der Waals surface area (Å²) in [6, 6.07) is 8.74. The van der Waals surface area contributed by atoms with Crippen LogP contribution in [0.1, 0.15) is 31.7 Å². The van der Waals surface area contributed by atoms with Crippen molar-refractivity contribution >= 4 is 10.0 Å². The van der Waals surface area contributed by atoms with Crippen LogP contribution in [-0.4, -0.2) is 42.0 Å². The largest absolute Gasteiger partial charge is 0.484 e. The maximum absolute atomic E-state index is 14.8. The average molecular weight is 499 g/mol. The van der Waals surface area contributed by atoms with E-state index in [1.54, 1.807) is 12.7 Å². The van der Waals surface area contributed by atoms with E-state index in [2.05, 4.69) is 19.7 Å². The van der Waals surface area contributed by atoms with Gasteiger partial charge in [0.2, 0.25) is 10.0 Å². The molecule has 2 atom stereocenters. The summed E-state index contributed by atoms with van der Waals surface area (Å²) < 4.78 is 86.5. The summed E-state index contributed by atoms with van der Waals surface area (Å²) in [5.74, 6) is -0.778. The van der Waals surface area contributed by atoms with Crippen molar-refractivity contribution in [1.82, 2.24) is 19.5 Å². The molecule has 0 saturated heterocycles. The van der Waals surface area contributed by atoms with Gasteiger partial charge >= 0.3 is 6.18 Å². The van der Waals surface area contributed by atoms with Gasteiger partial charge in [0.25, 0.3) is 0 Å². The number of halogens is 4. The van der Waals surface area contributed by atoms with E-state index in [0.29, 0.717) is 18.4 Å². The van der Waals surface area contributed by atoms with Gasteiger partial charge < -0.3 is 9.30 Å². The van der Waals surface area contributed by atoms with Crippen molar-refractivity contribution in [3.8, 4) is 16.9 Å².